The number of anilines is 1. The van der Waals surface area contributed by atoms with Gasteiger partial charge in [0, 0.05) is 23.7 Å². The molecule has 0 unspecified atom stereocenters. The van der Waals surface area contributed by atoms with Gasteiger partial charge in [-0.15, -0.1) is 11.6 Å². The first-order valence-corrected chi connectivity index (χ1v) is 8.84. The van der Waals surface area contributed by atoms with Crippen LogP contribution in [0.1, 0.15) is 6.42 Å². The van der Waals surface area contributed by atoms with E-state index in [1.165, 1.54) is 12.1 Å². The van der Waals surface area contributed by atoms with Crippen molar-refractivity contribution in [2.24, 2.45) is 0 Å². The minimum Gasteiger partial charge on any atom is -0.507 e. The number of halogens is 3. The van der Waals surface area contributed by atoms with Gasteiger partial charge in [-0.2, -0.15) is 0 Å². The highest BCUT2D eigenvalue weighted by Gasteiger charge is 2.09. The van der Waals surface area contributed by atoms with Crippen LogP contribution in [0.2, 0.25) is 0 Å². The average molecular weight is 483 g/mol. The average Bonchev–Trinajstić information content (AvgIpc) is 2.53. The zero-order valence-corrected chi connectivity index (χ0v) is 16.3. The molecule has 0 radical (unpaired) electrons. The number of alkyl halides is 1. The Morgan fingerprint density at radius 2 is 1.92 bits per heavy atom. The standard InChI is InChI=1S/C9H9BrClNO3.C6H6BrNO/c10-8-6-7(12(13)14)2-3-9(8)15-5-1-4-11;7-5-3-4(8)1-2-6(5)9/h2-3,6H,1,4-5H2;1-3,9H,8H2. The molecule has 9 heteroatoms. The topological polar surface area (TPSA) is 98.6 Å². The van der Waals surface area contributed by atoms with E-state index in [2.05, 4.69) is 31.9 Å². The van der Waals surface area contributed by atoms with Crippen molar-refractivity contribution >= 4 is 54.8 Å². The van der Waals surface area contributed by atoms with Crippen LogP contribution < -0.4 is 10.5 Å². The fraction of sp³-hybridized carbons (Fsp3) is 0.200. The smallest absolute Gasteiger partial charge is 0.270 e. The van der Waals surface area contributed by atoms with Crippen molar-refractivity contribution in [2.45, 2.75) is 6.42 Å². The molecule has 24 heavy (non-hydrogen) atoms. The van der Waals surface area contributed by atoms with Gasteiger partial charge in [0.2, 0.25) is 0 Å². The maximum absolute atomic E-state index is 10.5. The Hall–Kier alpha value is -1.51. The largest absolute Gasteiger partial charge is 0.507 e. The second kappa shape index (κ2) is 10.4. The number of nitrogens with zero attached hydrogens (tertiary/aromatic N) is 1. The highest BCUT2D eigenvalue weighted by molar-refractivity contribution is 9.10. The summed E-state index contributed by atoms with van der Waals surface area (Å²) >= 11 is 11.8. The van der Waals surface area contributed by atoms with Crippen LogP contribution in [-0.2, 0) is 0 Å². The lowest BCUT2D eigenvalue weighted by atomic mass is 10.3. The van der Waals surface area contributed by atoms with Crippen LogP contribution >= 0.6 is 43.5 Å². The van der Waals surface area contributed by atoms with E-state index in [1.807, 2.05) is 0 Å². The quantitative estimate of drug-likeness (QED) is 0.154. The van der Waals surface area contributed by atoms with Crippen LogP contribution in [-0.4, -0.2) is 22.5 Å². The van der Waals surface area contributed by atoms with Gasteiger partial charge in [0.15, 0.2) is 0 Å². The van der Waals surface area contributed by atoms with Crippen LogP contribution in [0.3, 0.4) is 0 Å². The van der Waals surface area contributed by atoms with E-state index in [4.69, 9.17) is 27.2 Å². The molecule has 0 saturated carbocycles. The summed E-state index contributed by atoms with van der Waals surface area (Å²) in [5.74, 6) is 1.33. The van der Waals surface area contributed by atoms with Crippen molar-refractivity contribution in [1.29, 1.82) is 0 Å². The van der Waals surface area contributed by atoms with Crippen LogP contribution in [0.5, 0.6) is 11.5 Å². The molecule has 2 rings (SSSR count). The molecule has 0 amide bonds. The number of nitro groups is 1. The van der Waals surface area contributed by atoms with E-state index in [9.17, 15) is 10.1 Å². The molecule has 0 heterocycles. The number of hydrogen-bond donors (Lipinski definition) is 2. The van der Waals surface area contributed by atoms with Crippen molar-refractivity contribution < 1.29 is 14.8 Å². The zero-order valence-electron chi connectivity index (χ0n) is 12.4. The Kier molecular flexibility index (Phi) is 8.88. The van der Waals surface area contributed by atoms with Crippen LogP contribution in [0, 0.1) is 10.1 Å². The molecule has 0 saturated heterocycles. The van der Waals surface area contributed by atoms with E-state index in [0.717, 1.165) is 6.42 Å². The minimum absolute atomic E-state index is 0.0339. The first-order valence-electron chi connectivity index (χ1n) is 6.72. The molecule has 0 aliphatic heterocycles. The number of rotatable bonds is 5. The summed E-state index contributed by atoms with van der Waals surface area (Å²) in [6.45, 7) is 0.500. The van der Waals surface area contributed by atoms with Gasteiger partial charge in [-0.1, -0.05) is 0 Å². The summed E-state index contributed by atoms with van der Waals surface area (Å²) in [7, 11) is 0. The Morgan fingerprint density at radius 1 is 1.21 bits per heavy atom. The van der Waals surface area contributed by atoms with Crippen molar-refractivity contribution in [3.8, 4) is 11.5 Å². The van der Waals surface area contributed by atoms with E-state index >= 15 is 0 Å². The molecule has 0 atom stereocenters. The van der Waals surface area contributed by atoms with Gasteiger partial charge in [-0.3, -0.25) is 10.1 Å². The summed E-state index contributed by atoms with van der Waals surface area (Å²) < 4.78 is 6.56. The van der Waals surface area contributed by atoms with Crippen molar-refractivity contribution in [1.82, 2.24) is 0 Å². The monoisotopic (exact) mass is 480 g/mol. The maximum atomic E-state index is 10.5. The third-order valence-electron chi connectivity index (χ3n) is 2.63. The number of hydrogen-bond acceptors (Lipinski definition) is 5. The normalized spacial score (nSPS) is 9.79. The number of phenolic OH excluding ortho intramolecular Hbond substituents is 1. The first kappa shape index (κ1) is 20.5. The molecular weight excluding hydrogens is 467 g/mol. The second-order valence-electron chi connectivity index (χ2n) is 4.47. The number of benzene rings is 2. The van der Waals surface area contributed by atoms with Gasteiger partial charge in [0.05, 0.1) is 20.5 Å². The van der Waals surface area contributed by atoms with Gasteiger partial charge < -0.3 is 15.6 Å². The maximum Gasteiger partial charge on any atom is 0.270 e. The molecule has 0 aliphatic carbocycles. The fourth-order valence-corrected chi connectivity index (χ4v) is 2.47. The number of non-ortho nitro benzene ring substituents is 1. The summed E-state index contributed by atoms with van der Waals surface area (Å²) in [5, 5.41) is 19.4. The summed E-state index contributed by atoms with van der Waals surface area (Å²) in [5.41, 5.74) is 6.06. The summed E-state index contributed by atoms with van der Waals surface area (Å²) in [6, 6.07) is 9.21. The van der Waals surface area contributed by atoms with Gasteiger partial charge >= 0.3 is 0 Å². The van der Waals surface area contributed by atoms with E-state index in [1.54, 1.807) is 24.3 Å². The molecule has 3 N–H and O–H groups in total. The number of nitrogen functional groups attached to an aromatic ring is 1. The first-order chi connectivity index (χ1) is 11.3. The molecule has 0 spiro atoms. The molecule has 0 aliphatic rings. The molecule has 2 aromatic carbocycles. The van der Waals surface area contributed by atoms with Gasteiger partial charge in [-0.05, 0) is 62.5 Å². The van der Waals surface area contributed by atoms with Crippen molar-refractivity contribution in [2.75, 3.05) is 18.2 Å². The molecule has 0 aromatic heterocycles. The number of ether oxygens (including phenoxy) is 1. The molecule has 6 nitrogen and oxygen atoms in total. The summed E-state index contributed by atoms with van der Waals surface area (Å²) in [4.78, 5) is 10.0. The van der Waals surface area contributed by atoms with Gasteiger partial charge in [0.1, 0.15) is 11.5 Å². The highest BCUT2D eigenvalue weighted by Crippen LogP contribution is 2.29. The predicted molar refractivity (Wildman–Crippen MR) is 102 cm³/mol. The minimum atomic E-state index is -0.451. The lowest BCUT2D eigenvalue weighted by Crippen LogP contribution is -1.98. The Balaban J connectivity index is 0.000000272. The van der Waals surface area contributed by atoms with E-state index < -0.39 is 4.92 Å². The van der Waals surface area contributed by atoms with Crippen molar-refractivity contribution in [3.05, 3.63) is 55.5 Å². The third-order valence-corrected chi connectivity index (χ3v) is 4.16. The second-order valence-corrected chi connectivity index (χ2v) is 6.56. The lowest BCUT2D eigenvalue weighted by Gasteiger charge is -2.06. The lowest BCUT2D eigenvalue weighted by molar-refractivity contribution is -0.385. The molecule has 130 valence electrons. The number of phenols is 1. The molecule has 0 fully saturated rings. The summed E-state index contributed by atoms with van der Waals surface area (Å²) in [6.07, 6.45) is 0.741. The Bertz CT molecular complexity index is 701. The predicted octanol–water partition coefficient (Wildman–Crippen LogP) is 5.10. The zero-order chi connectivity index (χ0) is 18.1. The van der Waals surface area contributed by atoms with E-state index in [-0.39, 0.29) is 11.4 Å². The van der Waals surface area contributed by atoms with Crippen LogP contribution in [0.25, 0.3) is 0 Å². The van der Waals surface area contributed by atoms with Crippen LogP contribution in [0.15, 0.2) is 45.3 Å². The Labute approximate surface area is 161 Å². The SMILES string of the molecule is Nc1ccc(O)c(Br)c1.O=[N+]([O-])c1ccc(OCCCCl)c(Br)c1. The number of nitrogens with two attached hydrogens (primary N) is 1. The third kappa shape index (κ3) is 6.94. The highest BCUT2D eigenvalue weighted by atomic mass is 79.9. The van der Waals surface area contributed by atoms with Crippen molar-refractivity contribution in [3.63, 3.8) is 0 Å². The Morgan fingerprint density at radius 3 is 2.42 bits per heavy atom. The van der Waals surface area contributed by atoms with Gasteiger partial charge in [0.25, 0.3) is 5.69 Å². The molecule has 2 aromatic rings. The molecular formula is C15H15Br2ClN2O4. The number of aromatic hydroxyl groups is 1. The molecule has 0 bridgehead atoms. The van der Waals surface area contributed by atoms with Gasteiger partial charge in [-0.25, -0.2) is 0 Å². The fourth-order valence-electron chi connectivity index (χ4n) is 1.48. The van der Waals surface area contributed by atoms with E-state index in [0.29, 0.717) is 32.9 Å². The van der Waals surface area contributed by atoms with Crippen LogP contribution in [0.4, 0.5) is 11.4 Å². The number of nitro benzene ring substituents is 1.